The number of hydrogen-bond acceptors (Lipinski definition) is 4. The predicted molar refractivity (Wildman–Crippen MR) is 99.0 cm³/mol. The lowest BCUT2D eigenvalue weighted by Gasteiger charge is -2.36. The molecule has 0 saturated heterocycles. The van der Waals surface area contributed by atoms with E-state index < -0.39 is 0 Å². The van der Waals surface area contributed by atoms with Crippen molar-refractivity contribution in [2.75, 3.05) is 20.1 Å². The molecule has 2 aliphatic heterocycles. The lowest BCUT2D eigenvalue weighted by molar-refractivity contribution is -0.137. The molecular formula is C20H24N4O2. The van der Waals surface area contributed by atoms with Gasteiger partial charge in [-0.25, -0.2) is 4.98 Å². The number of aromatic nitrogens is 2. The van der Waals surface area contributed by atoms with Crippen molar-refractivity contribution in [3.8, 4) is 0 Å². The summed E-state index contributed by atoms with van der Waals surface area (Å²) in [5, 5.41) is 0. The molecule has 1 N–H and O–H groups in total. The molecule has 0 bridgehead atoms. The van der Waals surface area contributed by atoms with Crippen molar-refractivity contribution >= 4 is 5.91 Å². The van der Waals surface area contributed by atoms with Gasteiger partial charge in [0, 0.05) is 31.6 Å². The van der Waals surface area contributed by atoms with Crippen LogP contribution in [0.4, 0.5) is 0 Å². The summed E-state index contributed by atoms with van der Waals surface area (Å²) < 4.78 is 0. The molecule has 0 fully saturated rings. The molecule has 1 amide bonds. The first kappa shape index (κ1) is 17.0. The summed E-state index contributed by atoms with van der Waals surface area (Å²) in [6.07, 6.45) is 1.95. The zero-order valence-corrected chi connectivity index (χ0v) is 15.3. The van der Waals surface area contributed by atoms with Crippen LogP contribution in [0.2, 0.25) is 0 Å². The van der Waals surface area contributed by atoms with Gasteiger partial charge in [0.2, 0.25) is 5.91 Å². The third kappa shape index (κ3) is 3.05. The van der Waals surface area contributed by atoms with Gasteiger partial charge in [0.25, 0.3) is 5.56 Å². The van der Waals surface area contributed by atoms with Crippen molar-refractivity contribution in [2.24, 2.45) is 0 Å². The fourth-order valence-electron chi connectivity index (χ4n) is 4.09. The SMILES string of the molecule is Cc1nc2c(c(=O)[nH]1)CCN(C(=O)[C@@H]1Cc3ccccc3CN1C)CC2. The van der Waals surface area contributed by atoms with Crippen molar-refractivity contribution in [2.45, 2.75) is 38.8 Å². The first-order valence-electron chi connectivity index (χ1n) is 9.17. The van der Waals surface area contributed by atoms with Crippen LogP contribution in [0.5, 0.6) is 0 Å². The summed E-state index contributed by atoms with van der Waals surface area (Å²) in [4.78, 5) is 36.7. The van der Waals surface area contributed by atoms with Crippen LogP contribution in [0, 0.1) is 6.92 Å². The normalized spacial score (nSPS) is 20.2. The van der Waals surface area contributed by atoms with Gasteiger partial charge in [-0.05, 0) is 37.9 Å². The molecule has 0 aliphatic carbocycles. The molecule has 0 radical (unpaired) electrons. The van der Waals surface area contributed by atoms with Gasteiger partial charge in [-0.1, -0.05) is 24.3 Å². The Morgan fingerprint density at radius 3 is 2.73 bits per heavy atom. The number of carbonyl (C=O) groups is 1. The minimum absolute atomic E-state index is 0.0643. The Bertz CT molecular complexity index is 905. The van der Waals surface area contributed by atoms with Crippen molar-refractivity contribution in [3.05, 3.63) is 62.8 Å². The van der Waals surface area contributed by atoms with Crippen LogP contribution in [-0.2, 0) is 30.6 Å². The molecular weight excluding hydrogens is 328 g/mol. The van der Waals surface area contributed by atoms with E-state index >= 15 is 0 Å². The number of fused-ring (bicyclic) bond motifs is 2. The molecule has 4 rings (SSSR count). The molecule has 0 spiro atoms. The maximum Gasteiger partial charge on any atom is 0.254 e. The first-order chi connectivity index (χ1) is 12.5. The average Bonchev–Trinajstić information content (AvgIpc) is 2.83. The minimum atomic E-state index is -0.140. The van der Waals surface area contributed by atoms with E-state index in [9.17, 15) is 9.59 Å². The number of benzene rings is 1. The Balaban J connectivity index is 1.53. The number of nitrogens with zero attached hydrogens (tertiary/aromatic N) is 3. The number of likely N-dealkylation sites (N-methyl/N-ethyl adjacent to an activating group) is 1. The number of carbonyl (C=O) groups excluding carboxylic acids is 1. The quantitative estimate of drug-likeness (QED) is 0.833. The third-order valence-corrected chi connectivity index (χ3v) is 5.55. The smallest absolute Gasteiger partial charge is 0.254 e. The Morgan fingerprint density at radius 2 is 1.92 bits per heavy atom. The summed E-state index contributed by atoms with van der Waals surface area (Å²) in [6, 6.07) is 8.20. The number of nitrogens with one attached hydrogen (secondary N) is 1. The molecule has 2 aromatic rings. The minimum Gasteiger partial charge on any atom is -0.341 e. The molecule has 6 heteroatoms. The second-order valence-electron chi connectivity index (χ2n) is 7.31. The van der Waals surface area contributed by atoms with Crippen LogP contribution in [0.15, 0.2) is 29.1 Å². The van der Waals surface area contributed by atoms with Crippen molar-refractivity contribution in [3.63, 3.8) is 0 Å². The molecule has 3 heterocycles. The van der Waals surface area contributed by atoms with Crippen LogP contribution in [-0.4, -0.2) is 51.9 Å². The standard InChI is InChI=1S/C20H24N4O2/c1-13-21-17-8-10-24(9-7-16(17)19(25)22-13)20(26)18-11-14-5-3-4-6-15(14)12-23(18)2/h3-6,18H,7-12H2,1-2H3,(H,21,22,25)/t18-/m0/s1. The number of aromatic amines is 1. The Hall–Kier alpha value is -2.47. The summed E-state index contributed by atoms with van der Waals surface area (Å²) in [5.74, 6) is 0.792. The molecule has 1 aromatic heterocycles. The predicted octanol–water partition coefficient (Wildman–Crippen LogP) is 1.06. The summed E-state index contributed by atoms with van der Waals surface area (Å²) in [6.45, 7) is 3.78. The van der Waals surface area contributed by atoms with Crippen LogP contribution in [0.3, 0.4) is 0 Å². The van der Waals surface area contributed by atoms with Gasteiger partial charge >= 0.3 is 0 Å². The Morgan fingerprint density at radius 1 is 1.19 bits per heavy atom. The molecule has 1 aromatic carbocycles. The highest BCUT2D eigenvalue weighted by molar-refractivity contribution is 5.82. The largest absolute Gasteiger partial charge is 0.341 e. The maximum atomic E-state index is 13.2. The molecule has 0 saturated carbocycles. The number of H-pyrrole nitrogens is 1. The maximum absolute atomic E-state index is 13.2. The Labute approximate surface area is 152 Å². The number of hydrogen-bond donors (Lipinski definition) is 1. The first-order valence-corrected chi connectivity index (χ1v) is 9.17. The lowest BCUT2D eigenvalue weighted by atomic mass is 9.93. The van der Waals surface area contributed by atoms with Gasteiger partial charge in [-0.3, -0.25) is 14.5 Å². The zero-order valence-electron chi connectivity index (χ0n) is 15.3. The van der Waals surface area contributed by atoms with Crippen LogP contribution < -0.4 is 5.56 Å². The molecule has 1 atom stereocenters. The lowest BCUT2D eigenvalue weighted by Crippen LogP contribution is -2.50. The second-order valence-corrected chi connectivity index (χ2v) is 7.31. The van der Waals surface area contributed by atoms with Crippen LogP contribution in [0.1, 0.15) is 28.2 Å². The number of amides is 1. The topological polar surface area (TPSA) is 69.3 Å². The molecule has 6 nitrogen and oxygen atoms in total. The van der Waals surface area contributed by atoms with E-state index in [-0.39, 0.29) is 17.5 Å². The van der Waals surface area contributed by atoms with Gasteiger partial charge in [-0.15, -0.1) is 0 Å². The Kier molecular flexibility index (Phi) is 4.36. The molecule has 26 heavy (non-hydrogen) atoms. The number of aryl methyl sites for hydroxylation is 1. The van der Waals surface area contributed by atoms with Crippen LogP contribution in [0.25, 0.3) is 0 Å². The van der Waals surface area contributed by atoms with Gasteiger partial charge in [-0.2, -0.15) is 0 Å². The van der Waals surface area contributed by atoms with Crippen molar-refractivity contribution in [1.29, 1.82) is 0 Å². The second kappa shape index (κ2) is 6.68. The monoisotopic (exact) mass is 352 g/mol. The highest BCUT2D eigenvalue weighted by Crippen LogP contribution is 2.24. The van der Waals surface area contributed by atoms with E-state index in [1.807, 2.05) is 24.1 Å². The highest BCUT2D eigenvalue weighted by Gasteiger charge is 2.33. The van der Waals surface area contributed by atoms with E-state index in [1.165, 1.54) is 11.1 Å². The summed E-state index contributed by atoms with van der Waals surface area (Å²) in [5.41, 5.74) is 4.06. The highest BCUT2D eigenvalue weighted by atomic mass is 16.2. The van der Waals surface area contributed by atoms with Gasteiger partial charge in [0.15, 0.2) is 0 Å². The fraction of sp³-hybridized carbons (Fsp3) is 0.450. The van der Waals surface area contributed by atoms with Gasteiger partial charge in [0.1, 0.15) is 5.82 Å². The summed E-state index contributed by atoms with van der Waals surface area (Å²) >= 11 is 0. The fourth-order valence-corrected chi connectivity index (χ4v) is 4.09. The number of rotatable bonds is 1. The average molecular weight is 352 g/mol. The zero-order chi connectivity index (χ0) is 18.3. The van der Waals surface area contributed by atoms with E-state index in [0.717, 1.165) is 24.2 Å². The van der Waals surface area contributed by atoms with Crippen molar-refractivity contribution in [1.82, 2.24) is 19.8 Å². The van der Waals surface area contributed by atoms with E-state index in [1.54, 1.807) is 6.92 Å². The van der Waals surface area contributed by atoms with E-state index in [0.29, 0.717) is 31.8 Å². The summed E-state index contributed by atoms with van der Waals surface area (Å²) in [7, 11) is 2.01. The van der Waals surface area contributed by atoms with E-state index in [2.05, 4.69) is 27.0 Å². The third-order valence-electron chi connectivity index (χ3n) is 5.55. The molecule has 0 unspecified atom stereocenters. The van der Waals surface area contributed by atoms with Crippen molar-refractivity contribution < 1.29 is 4.79 Å². The molecule has 136 valence electrons. The van der Waals surface area contributed by atoms with E-state index in [4.69, 9.17) is 0 Å². The van der Waals surface area contributed by atoms with Gasteiger partial charge in [0.05, 0.1) is 11.7 Å². The van der Waals surface area contributed by atoms with Gasteiger partial charge < -0.3 is 9.88 Å². The molecule has 2 aliphatic rings. The van der Waals surface area contributed by atoms with Crippen LogP contribution >= 0.6 is 0 Å².